The predicted molar refractivity (Wildman–Crippen MR) is 80.5 cm³/mol. The summed E-state index contributed by atoms with van der Waals surface area (Å²) in [5, 5.41) is 12.8. The Balaban J connectivity index is 2.03. The van der Waals surface area contributed by atoms with Crippen molar-refractivity contribution in [1.29, 1.82) is 0 Å². The minimum Gasteiger partial charge on any atom is -0.497 e. The largest absolute Gasteiger partial charge is 0.497 e. The van der Waals surface area contributed by atoms with E-state index in [0.717, 1.165) is 6.07 Å². The molecule has 0 heterocycles. The van der Waals surface area contributed by atoms with E-state index in [2.05, 4.69) is 21.2 Å². The quantitative estimate of drug-likeness (QED) is 0.797. The number of benzene rings is 2. The summed E-state index contributed by atoms with van der Waals surface area (Å²) in [5.74, 6) is -0.696. The van der Waals surface area contributed by atoms with Crippen molar-refractivity contribution in [2.75, 3.05) is 19.0 Å². The van der Waals surface area contributed by atoms with Crippen LogP contribution in [0.1, 0.15) is 11.7 Å². The summed E-state index contributed by atoms with van der Waals surface area (Å²) >= 11 is 2.99. The lowest BCUT2D eigenvalue weighted by atomic mass is 10.1. The van der Waals surface area contributed by atoms with E-state index in [1.807, 2.05) is 0 Å². The van der Waals surface area contributed by atoms with E-state index in [4.69, 9.17) is 4.74 Å². The second-order valence-electron chi connectivity index (χ2n) is 4.42. The second-order valence-corrected chi connectivity index (χ2v) is 5.27. The molecule has 0 bridgehead atoms. The minimum atomic E-state index is -0.820. The van der Waals surface area contributed by atoms with Gasteiger partial charge in [-0.15, -0.1) is 0 Å². The van der Waals surface area contributed by atoms with E-state index in [9.17, 15) is 13.9 Å². The number of hydrogen-bond acceptors (Lipinski definition) is 3. The van der Waals surface area contributed by atoms with Gasteiger partial charge in [0.2, 0.25) is 0 Å². The second kappa shape index (κ2) is 6.87. The third-order valence-corrected chi connectivity index (χ3v) is 3.60. The first kappa shape index (κ1) is 15.7. The third kappa shape index (κ3) is 3.92. The lowest BCUT2D eigenvalue weighted by Crippen LogP contribution is -2.13. The van der Waals surface area contributed by atoms with Crippen LogP contribution in [-0.2, 0) is 0 Å². The molecule has 6 heteroatoms. The Morgan fingerprint density at radius 3 is 2.48 bits per heavy atom. The maximum atomic E-state index is 13.6. The van der Waals surface area contributed by atoms with E-state index in [1.165, 1.54) is 6.07 Å². The van der Waals surface area contributed by atoms with Gasteiger partial charge in [0.15, 0.2) is 0 Å². The van der Waals surface area contributed by atoms with Crippen LogP contribution in [0.5, 0.6) is 5.75 Å². The Bertz CT molecular complexity index is 620. The predicted octanol–water partition coefficient (Wildman–Crippen LogP) is 3.88. The van der Waals surface area contributed by atoms with Crippen LogP contribution in [0.4, 0.5) is 14.5 Å². The number of anilines is 1. The van der Waals surface area contributed by atoms with Gasteiger partial charge in [-0.3, -0.25) is 0 Å². The molecule has 3 nitrogen and oxygen atoms in total. The number of ether oxygens (including phenoxy) is 1. The van der Waals surface area contributed by atoms with Gasteiger partial charge < -0.3 is 15.2 Å². The highest BCUT2D eigenvalue weighted by atomic mass is 79.9. The van der Waals surface area contributed by atoms with Crippen LogP contribution in [0.15, 0.2) is 40.9 Å². The van der Waals surface area contributed by atoms with E-state index in [-0.39, 0.29) is 16.7 Å². The Morgan fingerprint density at radius 2 is 1.86 bits per heavy atom. The average molecular weight is 358 g/mol. The maximum absolute atomic E-state index is 13.6. The molecular weight excluding hydrogens is 344 g/mol. The fourth-order valence-corrected chi connectivity index (χ4v) is 2.15. The summed E-state index contributed by atoms with van der Waals surface area (Å²) in [4.78, 5) is 0. The smallest absolute Gasteiger partial charge is 0.149 e. The molecule has 0 amide bonds. The lowest BCUT2D eigenvalue weighted by molar-refractivity contribution is 0.191. The van der Waals surface area contributed by atoms with Crippen molar-refractivity contribution in [3.8, 4) is 5.75 Å². The minimum absolute atomic E-state index is 0.0985. The normalized spacial score (nSPS) is 12.0. The molecule has 2 N–H and O–H groups in total. The maximum Gasteiger partial charge on any atom is 0.149 e. The zero-order valence-electron chi connectivity index (χ0n) is 11.2. The molecule has 0 fully saturated rings. The Hall–Kier alpha value is -1.66. The molecule has 0 radical (unpaired) electrons. The van der Waals surface area contributed by atoms with Crippen LogP contribution in [-0.4, -0.2) is 18.8 Å². The number of aliphatic hydroxyl groups excluding tert-OH is 1. The van der Waals surface area contributed by atoms with Crippen LogP contribution < -0.4 is 10.1 Å². The van der Waals surface area contributed by atoms with Gasteiger partial charge in [0.1, 0.15) is 17.4 Å². The number of hydrogen-bond donors (Lipinski definition) is 2. The highest BCUT2D eigenvalue weighted by Crippen LogP contribution is 2.25. The van der Waals surface area contributed by atoms with Gasteiger partial charge in [0.25, 0.3) is 0 Å². The zero-order valence-corrected chi connectivity index (χ0v) is 12.8. The van der Waals surface area contributed by atoms with Crippen LogP contribution in [0, 0.1) is 11.6 Å². The average Bonchev–Trinajstić information content (AvgIpc) is 2.49. The molecule has 1 unspecified atom stereocenters. The molecular formula is C15H14BrF2NO2. The van der Waals surface area contributed by atoms with Gasteiger partial charge in [-0.2, -0.15) is 0 Å². The van der Waals surface area contributed by atoms with Crippen molar-refractivity contribution < 1.29 is 18.6 Å². The molecule has 0 aliphatic heterocycles. The van der Waals surface area contributed by atoms with Gasteiger partial charge in [-0.05, 0) is 39.7 Å². The van der Waals surface area contributed by atoms with Crippen molar-refractivity contribution >= 4 is 21.6 Å². The van der Waals surface area contributed by atoms with Crippen molar-refractivity contribution in [1.82, 2.24) is 0 Å². The summed E-state index contributed by atoms with van der Waals surface area (Å²) in [6.45, 7) is 0.0985. The van der Waals surface area contributed by atoms with Crippen LogP contribution in [0.25, 0.3) is 0 Å². The molecule has 21 heavy (non-hydrogen) atoms. The van der Waals surface area contributed by atoms with Crippen molar-refractivity contribution in [2.24, 2.45) is 0 Å². The molecule has 2 aromatic rings. The van der Waals surface area contributed by atoms with Gasteiger partial charge in [0.05, 0.1) is 23.4 Å². The topological polar surface area (TPSA) is 41.5 Å². The number of nitrogens with one attached hydrogen (secondary N) is 1. The highest BCUT2D eigenvalue weighted by Gasteiger charge is 2.11. The molecule has 0 saturated heterocycles. The monoisotopic (exact) mass is 357 g/mol. The number of halogens is 3. The molecule has 0 spiro atoms. The Labute approximate surface area is 129 Å². The number of methoxy groups -OCH3 is 1. The molecule has 0 saturated carbocycles. The highest BCUT2D eigenvalue weighted by molar-refractivity contribution is 9.10. The molecule has 2 rings (SSSR count). The molecule has 0 aromatic heterocycles. The van der Waals surface area contributed by atoms with Gasteiger partial charge in [-0.1, -0.05) is 12.1 Å². The van der Waals surface area contributed by atoms with E-state index < -0.39 is 17.7 Å². The number of rotatable bonds is 5. The first-order valence-corrected chi connectivity index (χ1v) is 7.01. The molecule has 112 valence electrons. The Morgan fingerprint density at radius 1 is 1.19 bits per heavy atom. The van der Waals surface area contributed by atoms with Crippen molar-refractivity contribution in [3.63, 3.8) is 0 Å². The summed E-state index contributed by atoms with van der Waals surface area (Å²) in [6.07, 6.45) is -0.820. The standard InChI is InChI=1S/C15H14BrF2NO2/c1-21-10-4-2-9(3-5-10)15(20)8-19-14-6-11(16)12(17)7-13(14)18/h2-7,15,19-20H,8H2,1H3. The fourth-order valence-electron chi connectivity index (χ4n) is 1.81. The van der Waals surface area contributed by atoms with Crippen LogP contribution in [0.2, 0.25) is 0 Å². The summed E-state index contributed by atoms with van der Waals surface area (Å²) in [6, 6.07) is 8.99. The van der Waals surface area contributed by atoms with Gasteiger partial charge in [-0.25, -0.2) is 8.78 Å². The molecule has 0 aliphatic carbocycles. The summed E-state index contributed by atoms with van der Waals surface area (Å²) in [5.41, 5.74) is 0.792. The summed E-state index contributed by atoms with van der Waals surface area (Å²) in [7, 11) is 1.56. The van der Waals surface area contributed by atoms with Gasteiger partial charge in [0, 0.05) is 12.6 Å². The SMILES string of the molecule is COc1ccc(C(O)CNc2cc(Br)c(F)cc2F)cc1. The molecule has 1 atom stereocenters. The summed E-state index contributed by atoms with van der Waals surface area (Å²) < 4.78 is 31.9. The van der Waals surface area contributed by atoms with Crippen molar-refractivity contribution in [3.05, 3.63) is 58.1 Å². The lowest BCUT2D eigenvalue weighted by Gasteiger charge is -2.14. The van der Waals surface area contributed by atoms with Gasteiger partial charge >= 0.3 is 0 Å². The van der Waals surface area contributed by atoms with Crippen LogP contribution in [0.3, 0.4) is 0 Å². The first-order chi connectivity index (χ1) is 10.0. The van der Waals surface area contributed by atoms with E-state index in [0.29, 0.717) is 11.3 Å². The Kier molecular flexibility index (Phi) is 5.14. The molecule has 0 aliphatic rings. The molecule has 2 aromatic carbocycles. The fraction of sp³-hybridized carbons (Fsp3) is 0.200. The zero-order chi connectivity index (χ0) is 15.4. The first-order valence-electron chi connectivity index (χ1n) is 6.21. The number of aliphatic hydroxyl groups is 1. The van der Waals surface area contributed by atoms with Crippen LogP contribution >= 0.6 is 15.9 Å². The third-order valence-electron chi connectivity index (χ3n) is 3.00. The van der Waals surface area contributed by atoms with Crippen molar-refractivity contribution in [2.45, 2.75) is 6.10 Å². The van der Waals surface area contributed by atoms with E-state index >= 15 is 0 Å². The van der Waals surface area contributed by atoms with E-state index in [1.54, 1.807) is 31.4 Å².